The molecule has 1 aromatic heterocycles. The number of hydrogen-bond acceptors (Lipinski definition) is 5. The highest BCUT2D eigenvalue weighted by molar-refractivity contribution is 5.94. The van der Waals surface area contributed by atoms with Gasteiger partial charge in [0.15, 0.2) is 0 Å². The minimum atomic E-state index is -1.74. The molecule has 3 aromatic rings. The third kappa shape index (κ3) is 4.36. The second kappa shape index (κ2) is 9.02. The van der Waals surface area contributed by atoms with Crippen LogP contribution in [-0.2, 0) is 15.8 Å². The van der Waals surface area contributed by atoms with Gasteiger partial charge in [-0.1, -0.05) is 12.1 Å². The maximum atomic E-state index is 13.9. The van der Waals surface area contributed by atoms with Crippen molar-refractivity contribution in [3.63, 3.8) is 0 Å². The second-order valence-electron chi connectivity index (χ2n) is 8.96. The van der Waals surface area contributed by atoms with E-state index in [2.05, 4.69) is 15.1 Å². The highest BCUT2D eigenvalue weighted by Gasteiger charge is 2.45. The summed E-state index contributed by atoms with van der Waals surface area (Å²) >= 11 is 0. The molecule has 2 atom stereocenters. The maximum absolute atomic E-state index is 13.9. The normalized spacial score (nSPS) is 17.9. The number of amides is 2. The molecule has 0 saturated carbocycles. The van der Waals surface area contributed by atoms with E-state index in [0.717, 1.165) is 6.07 Å². The van der Waals surface area contributed by atoms with Crippen LogP contribution in [0.4, 0.5) is 14.5 Å². The molecule has 0 bridgehead atoms. The van der Waals surface area contributed by atoms with E-state index in [-0.39, 0.29) is 35.8 Å². The highest BCUT2D eigenvalue weighted by Crippen LogP contribution is 2.45. The lowest BCUT2D eigenvalue weighted by atomic mass is 9.82. The van der Waals surface area contributed by atoms with Crippen LogP contribution in [-0.4, -0.2) is 35.1 Å². The summed E-state index contributed by atoms with van der Waals surface area (Å²) in [6, 6.07) is 10.4. The van der Waals surface area contributed by atoms with Gasteiger partial charge in [0.05, 0.1) is 18.8 Å². The smallest absolute Gasteiger partial charge is 0.251 e. The van der Waals surface area contributed by atoms with Crippen LogP contribution in [0.3, 0.4) is 0 Å². The fourth-order valence-electron chi connectivity index (χ4n) is 3.85. The lowest BCUT2D eigenvalue weighted by Gasteiger charge is -2.26. The van der Waals surface area contributed by atoms with Crippen molar-refractivity contribution >= 4 is 17.5 Å². The number of benzene rings is 2. The first kappa shape index (κ1) is 24.8. The topological polar surface area (TPSA) is 119 Å². The zero-order valence-corrected chi connectivity index (χ0v) is 19.4. The molecular weight excluding hydrogens is 470 g/mol. The van der Waals surface area contributed by atoms with Gasteiger partial charge in [-0.05, 0) is 50.2 Å². The molecule has 2 amide bonds. The summed E-state index contributed by atoms with van der Waals surface area (Å²) in [5.41, 5.74) is 3.73. The van der Waals surface area contributed by atoms with E-state index < -0.39 is 34.5 Å². The van der Waals surface area contributed by atoms with Gasteiger partial charge in [0.2, 0.25) is 11.6 Å². The Morgan fingerprint density at radius 3 is 2.56 bits per heavy atom. The molecule has 184 valence electrons. The summed E-state index contributed by atoms with van der Waals surface area (Å²) in [6.07, 6.45) is 0. The number of pyridine rings is 1. The van der Waals surface area contributed by atoms with Crippen LogP contribution in [0.2, 0.25) is 0 Å². The molecule has 1 aliphatic rings. The molecule has 10 heteroatoms. The van der Waals surface area contributed by atoms with E-state index in [9.17, 15) is 23.5 Å². The first-order valence-corrected chi connectivity index (χ1v) is 10.9. The van der Waals surface area contributed by atoms with E-state index in [1.807, 2.05) is 0 Å². The number of hydrogen-bond donors (Lipinski definition) is 3. The van der Waals surface area contributed by atoms with Gasteiger partial charge in [-0.25, -0.2) is 18.6 Å². The Hall–Kier alpha value is -4.36. The van der Waals surface area contributed by atoms with Crippen molar-refractivity contribution < 1.29 is 28.2 Å². The number of aliphatic hydroxyl groups is 1. The van der Waals surface area contributed by atoms with Crippen LogP contribution in [0.25, 0.3) is 16.1 Å². The molecule has 4 N–H and O–H groups in total. The minimum absolute atomic E-state index is 0.0284. The molecule has 0 radical (unpaired) electrons. The van der Waals surface area contributed by atoms with Crippen molar-refractivity contribution in [2.75, 3.05) is 13.2 Å². The number of fused-ring (bicyclic) bond motifs is 1. The van der Waals surface area contributed by atoms with Crippen molar-refractivity contribution in [3.8, 4) is 17.0 Å². The largest absolute Gasteiger partial charge is 0.489 e. The van der Waals surface area contributed by atoms with Crippen LogP contribution >= 0.6 is 0 Å². The Morgan fingerprint density at radius 1 is 1.25 bits per heavy atom. The lowest BCUT2D eigenvalue weighted by molar-refractivity contribution is -0.123. The zero-order valence-electron chi connectivity index (χ0n) is 19.4. The van der Waals surface area contributed by atoms with E-state index in [4.69, 9.17) is 17.0 Å². The second-order valence-corrected chi connectivity index (χ2v) is 8.96. The Bertz CT molecular complexity index is 1420. The summed E-state index contributed by atoms with van der Waals surface area (Å²) in [5, 5.41) is 13.8. The van der Waals surface area contributed by atoms with Gasteiger partial charge >= 0.3 is 0 Å². The van der Waals surface area contributed by atoms with E-state index in [1.165, 1.54) is 49.4 Å². The first-order chi connectivity index (χ1) is 17.0. The molecule has 4 rings (SSSR count). The van der Waals surface area contributed by atoms with Crippen LogP contribution < -0.4 is 15.8 Å². The molecule has 2 heterocycles. The summed E-state index contributed by atoms with van der Waals surface area (Å²) in [7, 11) is 0. The lowest BCUT2D eigenvalue weighted by Crippen LogP contribution is -2.41. The molecule has 8 nitrogen and oxygen atoms in total. The molecule has 0 unspecified atom stereocenters. The standard InChI is InChI=1S/C26H22F2N4O4/c1-25(24(29)34)13-36-22-17(25)11-20(32-21(22)14-4-7-16(27)8-5-14)26(2,35)12-31-23(33)15-6-9-19(30-3)18(28)10-15/h4-11,35H,12-13H2,1-2H3,(H2,29,34)(H,31,33)/t25-,26-/m0/s1. The number of aromatic nitrogens is 1. The molecular formula is C26H22F2N4O4. The third-order valence-electron chi connectivity index (χ3n) is 6.21. The molecule has 0 spiro atoms. The fourth-order valence-corrected chi connectivity index (χ4v) is 3.85. The number of rotatable bonds is 6. The van der Waals surface area contributed by atoms with E-state index >= 15 is 0 Å². The predicted molar refractivity (Wildman–Crippen MR) is 126 cm³/mol. The number of halogens is 2. The van der Waals surface area contributed by atoms with E-state index in [1.54, 1.807) is 6.92 Å². The van der Waals surface area contributed by atoms with Crippen LogP contribution in [0.5, 0.6) is 5.75 Å². The van der Waals surface area contributed by atoms with Gasteiger partial charge in [0.1, 0.15) is 40.7 Å². The van der Waals surface area contributed by atoms with Crippen LogP contribution in [0.1, 0.15) is 35.5 Å². The molecule has 2 aromatic carbocycles. The molecule has 36 heavy (non-hydrogen) atoms. The summed E-state index contributed by atoms with van der Waals surface area (Å²) < 4.78 is 33.2. The van der Waals surface area contributed by atoms with Crippen molar-refractivity contribution in [2.24, 2.45) is 5.73 Å². The molecule has 0 fully saturated rings. The minimum Gasteiger partial charge on any atom is -0.489 e. The average molecular weight is 492 g/mol. The number of nitrogens with one attached hydrogen (secondary N) is 1. The number of carbonyl (C=O) groups is 2. The van der Waals surface area contributed by atoms with E-state index in [0.29, 0.717) is 16.9 Å². The van der Waals surface area contributed by atoms with Crippen molar-refractivity contribution in [1.82, 2.24) is 10.3 Å². The summed E-state index contributed by atoms with van der Waals surface area (Å²) in [6.45, 7) is 9.57. The van der Waals surface area contributed by atoms with Crippen LogP contribution in [0, 0.1) is 18.2 Å². The Balaban J connectivity index is 1.70. The van der Waals surface area contributed by atoms with Gasteiger partial charge in [-0.3, -0.25) is 9.59 Å². The molecule has 0 aliphatic carbocycles. The number of ether oxygens (including phenoxy) is 1. The van der Waals surface area contributed by atoms with Gasteiger partial charge in [0.25, 0.3) is 5.91 Å². The molecule has 0 saturated heterocycles. The SMILES string of the molecule is [C-]#[N+]c1ccc(C(=O)NC[C@](C)(O)c2cc3c(c(-c4ccc(F)cc4)n2)OC[C@]3(C)C(N)=O)cc1F. The third-order valence-corrected chi connectivity index (χ3v) is 6.21. The van der Waals surface area contributed by atoms with Crippen molar-refractivity contribution in [1.29, 1.82) is 0 Å². The predicted octanol–water partition coefficient (Wildman–Crippen LogP) is 3.35. The van der Waals surface area contributed by atoms with Gasteiger partial charge < -0.3 is 20.9 Å². The Morgan fingerprint density at radius 2 is 1.94 bits per heavy atom. The van der Waals surface area contributed by atoms with Gasteiger partial charge in [-0.2, -0.15) is 0 Å². The highest BCUT2D eigenvalue weighted by atomic mass is 19.1. The first-order valence-electron chi connectivity index (χ1n) is 10.9. The Kier molecular flexibility index (Phi) is 6.20. The number of nitrogens with two attached hydrogens (primary N) is 1. The monoisotopic (exact) mass is 492 g/mol. The number of nitrogens with zero attached hydrogens (tertiary/aromatic N) is 2. The Labute approximate surface area is 205 Å². The zero-order chi connectivity index (χ0) is 26.3. The van der Waals surface area contributed by atoms with Crippen molar-refractivity contribution in [3.05, 3.63) is 88.4 Å². The van der Waals surface area contributed by atoms with Crippen LogP contribution in [0.15, 0.2) is 48.5 Å². The molecule has 1 aliphatic heterocycles. The van der Waals surface area contributed by atoms with Gasteiger partial charge in [-0.15, -0.1) is 0 Å². The quantitative estimate of drug-likeness (QED) is 0.456. The van der Waals surface area contributed by atoms with Crippen molar-refractivity contribution in [2.45, 2.75) is 24.9 Å². The number of carbonyl (C=O) groups excluding carboxylic acids is 2. The maximum Gasteiger partial charge on any atom is 0.251 e. The van der Waals surface area contributed by atoms with Gasteiger partial charge in [0, 0.05) is 16.7 Å². The fraction of sp³-hybridized carbons (Fsp3) is 0.231. The summed E-state index contributed by atoms with van der Waals surface area (Å²) in [5.74, 6) is -2.30. The summed E-state index contributed by atoms with van der Waals surface area (Å²) in [4.78, 5) is 32.4. The average Bonchev–Trinajstić information content (AvgIpc) is 3.20. The number of primary amides is 1.